The van der Waals surface area contributed by atoms with Crippen LogP contribution in [0.3, 0.4) is 0 Å². The fraction of sp³-hybridized carbons (Fsp3) is 0.500. The van der Waals surface area contributed by atoms with Gasteiger partial charge in [-0.15, -0.1) is 0 Å². The van der Waals surface area contributed by atoms with Crippen molar-refractivity contribution in [1.29, 1.82) is 0 Å². The van der Waals surface area contributed by atoms with Crippen molar-refractivity contribution in [2.45, 2.75) is 18.9 Å². The van der Waals surface area contributed by atoms with Crippen LogP contribution in [0.4, 0.5) is 5.69 Å². The summed E-state index contributed by atoms with van der Waals surface area (Å²) in [5, 5.41) is 14.5. The highest BCUT2D eigenvalue weighted by Crippen LogP contribution is 2.08. The van der Waals surface area contributed by atoms with Crippen molar-refractivity contribution in [2.75, 3.05) is 31.5 Å². The minimum absolute atomic E-state index is 0.207. The lowest BCUT2D eigenvalue weighted by molar-refractivity contribution is -0.136. The molecule has 1 aromatic heterocycles. The van der Waals surface area contributed by atoms with Gasteiger partial charge < -0.3 is 20.6 Å². The summed E-state index contributed by atoms with van der Waals surface area (Å²) in [6, 6.07) is 3.34. The predicted molar refractivity (Wildman–Crippen MR) is 77.6 cm³/mol. The average Bonchev–Trinajstić information content (AvgIpc) is 2.50. The van der Waals surface area contributed by atoms with Gasteiger partial charge in [0.15, 0.2) is 0 Å². The van der Waals surface area contributed by atoms with E-state index in [9.17, 15) is 14.7 Å². The van der Waals surface area contributed by atoms with Crippen LogP contribution in [0.1, 0.15) is 12.8 Å². The van der Waals surface area contributed by atoms with E-state index in [1.165, 1.54) is 6.20 Å². The summed E-state index contributed by atoms with van der Waals surface area (Å²) in [6.07, 6.45) is 4.38. The third-order valence-electron chi connectivity index (χ3n) is 3.40. The van der Waals surface area contributed by atoms with Crippen LogP contribution in [0.25, 0.3) is 0 Å². The van der Waals surface area contributed by atoms with E-state index in [0.29, 0.717) is 18.8 Å². The number of nitrogens with one attached hydrogen (secondary N) is 2. The number of nitrogens with zero attached hydrogens (tertiary/aromatic N) is 2. The molecule has 0 unspecified atom stereocenters. The third kappa shape index (κ3) is 5.13. The molecular weight excluding hydrogens is 272 g/mol. The number of carbonyl (C=O) groups is 2. The first-order chi connectivity index (χ1) is 10.1. The van der Waals surface area contributed by atoms with Gasteiger partial charge in [0.1, 0.15) is 0 Å². The number of pyridine rings is 1. The molecule has 0 radical (unpaired) electrons. The molecule has 114 valence electrons. The number of rotatable bonds is 4. The van der Waals surface area contributed by atoms with Gasteiger partial charge in [-0.05, 0) is 25.0 Å². The average molecular weight is 292 g/mol. The van der Waals surface area contributed by atoms with E-state index in [4.69, 9.17) is 0 Å². The molecule has 7 nitrogen and oxygen atoms in total. The summed E-state index contributed by atoms with van der Waals surface area (Å²) >= 11 is 0. The van der Waals surface area contributed by atoms with Gasteiger partial charge in [0.25, 0.3) is 0 Å². The summed E-state index contributed by atoms with van der Waals surface area (Å²) in [4.78, 5) is 29.3. The molecule has 1 aliphatic heterocycles. The molecule has 0 atom stereocenters. The van der Waals surface area contributed by atoms with E-state index in [2.05, 4.69) is 20.5 Å². The number of aliphatic hydroxyl groups excluding tert-OH is 1. The number of likely N-dealkylation sites (tertiary alicyclic amines) is 1. The van der Waals surface area contributed by atoms with Gasteiger partial charge in [0.05, 0.1) is 18.0 Å². The molecule has 0 aromatic carbocycles. The highest BCUT2D eigenvalue weighted by molar-refractivity contribution is 6.39. The maximum Gasteiger partial charge on any atom is 0.313 e. The van der Waals surface area contributed by atoms with Crippen LogP contribution in [0, 0.1) is 0 Å². The van der Waals surface area contributed by atoms with E-state index in [1.54, 1.807) is 18.3 Å². The minimum atomic E-state index is -0.697. The predicted octanol–water partition coefficient (Wildman–Crippen LogP) is -0.407. The van der Waals surface area contributed by atoms with Crippen LogP contribution in [0.15, 0.2) is 24.5 Å². The maximum absolute atomic E-state index is 11.6. The monoisotopic (exact) mass is 292 g/mol. The number of amides is 2. The molecule has 0 aliphatic carbocycles. The molecule has 1 fully saturated rings. The highest BCUT2D eigenvalue weighted by Gasteiger charge is 2.17. The largest absolute Gasteiger partial charge is 0.393 e. The van der Waals surface area contributed by atoms with Gasteiger partial charge in [0.2, 0.25) is 0 Å². The van der Waals surface area contributed by atoms with E-state index in [1.807, 2.05) is 0 Å². The lowest BCUT2D eigenvalue weighted by Crippen LogP contribution is -2.43. The van der Waals surface area contributed by atoms with Crippen LogP contribution >= 0.6 is 0 Å². The van der Waals surface area contributed by atoms with Gasteiger partial charge in [-0.2, -0.15) is 0 Å². The van der Waals surface area contributed by atoms with Gasteiger partial charge >= 0.3 is 11.8 Å². The van der Waals surface area contributed by atoms with Crippen LogP contribution in [-0.2, 0) is 9.59 Å². The van der Waals surface area contributed by atoms with Crippen molar-refractivity contribution in [2.24, 2.45) is 0 Å². The van der Waals surface area contributed by atoms with Crippen LogP contribution in [0.5, 0.6) is 0 Å². The van der Waals surface area contributed by atoms with Gasteiger partial charge in [-0.25, -0.2) is 0 Å². The number of piperidine rings is 1. The Bertz CT molecular complexity index is 472. The molecule has 0 spiro atoms. The number of carbonyl (C=O) groups excluding carboxylic acids is 2. The zero-order valence-electron chi connectivity index (χ0n) is 11.8. The molecule has 0 bridgehead atoms. The summed E-state index contributed by atoms with van der Waals surface area (Å²) < 4.78 is 0. The molecule has 2 heterocycles. The zero-order chi connectivity index (χ0) is 15.1. The van der Waals surface area contributed by atoms with E-state index in [-0.39, 0.29) is 6.10 Å². The van der Waals surface area contributed by atoms with Gasteiger partial charge in [0, 0.05) is 32.4 Å². The van der Waals surface area contributed by atoms with Crippen molar-refractivity contribution < 1.29 is 14.7 Å². The number of aromatic nitrogens is 1. The summed E-state index contributed by atoms with van der Waals surface area (Å²) in [5.74, 6) is -1.35. The van der Waals surface area contributed by atoms with E-state index >= 15 is 0 Å². The summed E-state index contributed by atoms with van der Waals surface area (Å²) in [5.41, 5.74) is 0.489. The lowest BCUT2D eigenvalue weighted by Gasteiger charge is -2.29. The Morgan fingerprint density at radius 3 is 2.76 bits per heavy atom. The van der Waals surface area contributed by atoms with Crippen molar-refractivity contribution in [3.63, 3.8) is 0 Å². The second-order valence-electron chi connectivity index (χ2n) is 5.02. The SMILES string of the molecule is O=C(NCCN1CCC(O)CC1)C(=O)Nc1cccnc1. The first kappa shape index (κ1) is 15.4. The standard InChI is InChI=1S/C14H20N4O3/c19-12-3-7-18(8-4-12)9-6-16-13(20)14(21)17-11-2-1-5-15-10-11/h1-2,5,10,12,19H,3-4,6-9H2,(H,16,20)(H,17,21). The number of anilines is 1. The molecule has 3 N–H and O–H groups in total. The number of hydrogen-bond acceptors (Lipinski definition) is 5. The fourth-order valence-corrected chi connectivity index (χ4v) is 2.18. The van der Waals surface area contributed by atoms with Crippen LogP contribution in [-0.4, -0.2) is 59.1 Å². The number of aliphatic hydroxyl groups is 1. The smallest absolute Gasteiger partial charge is 0.313 e. The quantitative estimate of drug-likeness (QED) is 0.656. The molecule has 1 saturated heterocycles. The second-order valence-corrected chi connectivity index (χ2v) is 5.02. The van der Waals surface area contributed by atoms with Crippen molar-refractivity contribution >= 4 is 17.5 Å². The Balaban J connectivity index is 1.66. The van der Waals surface area contributed by atoms with Crippen molar-refractivity contribution in [3.8, 4) is 0 Å². The Kier molecular flexibility index (Phi) is 5.65. The molecular formula is C14H20N4O3. The van der Waals surface area contributed by atoms with Crippen LogP contribution < -0.4 is 10.6 Å². The van der Waals surface area contributed by atoms with Gasteiger partial charge in [-0.3, -0.25) is 14.6 Å². The molecule has 2 rings (SSSR count). The van der Waals surface area contributed by atoms with Crippen molar-refractivity contribution in [3.05, 3.63) is 24.5 Å². The third-order valence-corrected chi connectivity index (χ3v) is 3.40. The highest BCUT2D eigenvalue weighted by atomic mass is 16.3. The molecule has 7 heteroatoms. The topological polar surface area (TPSA) is 94.6 Å². The maximum atomic E-state index is 11.6. The normalized spacial score (nSPS) is 16.4. The fourth-order valence-electron chi connectivity index (χ4n) is 2.18. The Morgan fingerprint density at radius 2 is 2.10 bits per heavy atom. The van der Waals surface area contributed by atoms with Crippen LogP contribution in [0.2, 0.25) is 0 Å². The van der Waals surface area contributed by atoms with E-state index in [0.717, 1.165) is 25.9 Å². The molecule has 0 saturated carbocycles. The Hall–Kier alpha value is -1.99. The number of hydrogen-bond donors (Lipinski definition) is 3. The molecule has 1 aliphatic rings. The minimum Gasteiger partial charge on any atom is -0.393 e. The molecule has 2 amide bonds. The second kappa shape index (κ2) is 7.70. The summed E-state index contributed by atoms with van der Waals surface area (Å²) in [7, 11) is 0. The Morgan fingerprint density at radius 1 is 1.33 bits per heavy atom. The molecule has 21 heavy (non-hydrogen) atoms. The summed E-state index contributed by atoms with van der Waals surface area (Å²) in [6.45, 7) is 2.73. The lowest BCUT2D eigenvalue weighted by atomic mass is 10.1. The first-order valence-electron chi connectivity index (χ1n) is 7.05. The van der Waals surface area contributed by atoms with Gasteiger partial charge in [-0.1, -0.05) is 0 Å². The first-order valence-corrected chi connectivity index (χ1v) is 7.05. The van der Waals surface area contributed by atoms with Crippen molar-refractivity contribution in [1.82, 2.24) is 15.2 Å². The Labute approximate surface area is 123 Å². The molecule has 1 aromatic rings. The zero-order valence-corrected chi connectivity index (χ0v) is 11.8. The van der Waals surface area contributed by atoms with E-state index < -0.39 is 11.8 Å².